The minimum absolute atomic E-state index is 0.00457. The number of aliphatic carboxylic acids is 1. The SMILES string of the molecule is CCONC(=O)COc1cc(OCc2cccc(-c3ccccc3)c2Br)c(Cl)cc1CNC(CO)C(=O)O. The summed E-state index contributed by atoms with van der Waals surface area (Å²) in [6.07, 6.45) is 0. The van der Waals surface area contributed by atoms with Gasteiger partial charge < -0.3 is 19.7 Å². The molecule has 3 aromatic rings. The number of amides is 1. The van der Waals surface area contributed by atoms with Crippen LogP contribution in [0.15, 0.2) is 65.1 Å². The van der Waals surface area contributed by atoms with E-state index in [2.05, 4.69) is 26.7 Å². The number of carboxylic acid groups (broad SMARTS) is 1. The molecule has 0 aliphatic carbocycles. The molecular formula is C27H28BrClN2O7. The van der Waals surface area contributed by atoms with E-state index in [0.29, 0.717) is 17.9 Å². The molecule has 3 aromatic carbocycles. The van der Waals surface area contributed by atoms with Crippen LogP contribution in [0.25, 0.3) is 11.1 Å². The molecule has 0 aromatic heterocycles. The van der Waals surface area contributed by atoms with Crippen molar-refractivity contribution in [2.45, 2.75) is 26.1 Å². The average molecular weight is 608 g/mol. The van der Waals surface area contributed by atoms with Crippen molar-refractivity contribution >= 4 is 39.4 Å². The van der Waals surface area contributed by atoms with Crippen molar-refractivity contribution in [1.29, 1.82) is 0 Å². The fourth-order valence-electron chi connectivity index (χ4n) is 3.44. The minimum Gasteiger partial charge on any atom is -0.487 e. The van der Waals surface area contributed by atoms with Gasteiger partial charge in [-0.05, 0) is 40.0 Å². The first-order valence-electron chi connectivity index (χ1n) is 11.7. The number of rotatable bonds is 14. The van der Waals surface area contributed by atoms with E-state index in [4.69, 9.17) is 25.9 Å². The summed E-state index contributed by atoms with van der Waals surface area (Å²) >= 11 is 10.2. The summed E-state index contributed by atoms with van der Waals surface area (Å²) < 4.78 is 12.6. The van der Waals surface area contributed by atoms with E-state index in [-0.39, 0.29) is 30.5 Å². The lowest BCUT2D eigenvalue weighted by atomic mass is 10.0. The van der Waals surface area contributed by atoms with Gasteiger partial charge >= 0.3 is 5.97 Å². The lowest BCUT2D eigenvalue weighted by Gasteiger charge is -2.18. The van der Waals surface area contributed by atoms with Crippen molar-refractivity contribution in [2.24, 2.45) is 0 Å². The van der Waals surface area contributed by atoms with E-state index in [1.807, 2.05) is 48.5 Å². The highest BCUT2D eigenvalue weighted by Gasteiger charge is 2.19. The van der Waals surface area contributed by atoms with Crippen LogP contribution in [-0.4, -0.2) is 48.0 Å². The third-order valence-corrected chi connectivity index (χ3v) is 6.60. The van der Waals surface area contributed by atoms with Crippen molar-refractivity contribution < 1.29 is 34.1 Å². The molecule has 0 fully saturated rings. The van der Waals surface area contributed by atoms with Gasteiger partial charge in [0.1, 0.15) is 24.1 Å². The lowest BCUT2D eigenvalue weighted by molar-refractivity contribution is -0.140. The molecule has 0 aliphatic heterocycles. The smallest absolute Gasteiger partial charge is 0.323 e. The zero-order chi connectivity index (χ0) is 27.5. The number of carboxylic acids is 1. The summed E-state index contributed by atoms with van der Waals surface area (Å²) in [6, 6.07) is 17.7. The molecular weight excluding hydrogens is 580 g/mol. The number of carbonyl (C=O) groups excluding carboxylic acids is 1. The number of aliphatic hydroxyl groups is 1. The van der Waals surface area contributed by atoms with Crippen LogP contribution in [0.3, 0.4) is 0 Å². The van der Waals surface area contributed by atoms with Crippen LogP contribution >= 0.6 is 27.5 Å². The molecule has 3 rings (SSSR count). The molecule has 1 amide bonds. The number of halogens is 2. The number of nitrogens with one attached hydrogen (secondary N) is 2. The largest absolute Gasteiger partial charge is 0.487 e. The van der Waals surface area contributed by atoms with Gasteiger partial charge in [-0.15, -0.1) is 0 Å². The molecule has 1 unspecified atom stereocenters. The van der Waals surface area contributed by atoms with Crippen LogP contribution in [0.2, 0.25) is 5.02 Å². The van der Waals surface area contributed by atoms with Crippen LogP contribution in [0, 0.1) is 0 Å². The topological polar surface area (TPSA) is 126 Å². The molecule has 0 bridgehead atoms. The Morgan fingerprint density at radius 3 is 2.47 bits per heavy atom. The zero-order valence-corrected chi connectivity index (χ0v) is 22.9. The Labute approximate surface area is 233 Å². The summed E-state index contributed by atoms with van der Waals surface area (Å²) in [7, 11) is 0. The van der Waals surface area contributed by atoms with E-state index in [1.165, 1.54) is 6.07 Å². The number of hydrogen-bond donors (Lipinski definition) is 4. The van der Waals surface area contributed by atoms with E-state index < -0.39 is 24.5 Å². The highest BCUT2D eigenvalue weighted by Crippen LogP contribution is 2.35. The number of carbonyl (C=O) groups is 2. The maximum atomic E-state index is 12.0. The van der Waals surface area contributed by atoms with Gasteiger partial charge in [0.05, 0.1) is 18.2 Å². The van der Waals surface area contributed by atoms with E-state index in [9.17, 15) is 19.8 Å². The molecule has 0 saturated heterocycles. The number of ether oxygens (including phenoxy) is 2. The van der Waals surface area contributed by atoms with Crippen LogP contribution < -0.4 is 20.3 Å². The molecule has 0 heterocycles. The number of aliphatic hydroxyl groups excluding tert-OH is 1. The first kappa shape index (κ1) is 29.4. The molecule has 0 radical (unpaired) electrons. The molecule has 11 heteroatoms. The molecule has 0 spiro atoms. The number of hydrogen-bond acceptors (Lipinski definition) is 7. The zero-order valence-electron chi connectivity index (χ0n) is 20.6. The van der Waals surface area contributed by atoms with Crippen LogP contribution in [0.1, 0.15) is 18.1 Å². The summed E-state index contributed by atoms with van der Waals surface area (Å²) in [5, 5.41) is 21.5. The lowest BCUT2D eigenvalue weighted by Crippen LogP contribution is -2.39. The van der Waals surface area contributed by atoms with Gasteiger partial charge in [0.25, 0.3) is 5.91 Å². The highest BCUT2D eigenvalue weighted by molar-refractivity contribution is 9.10. The second-order valence-electron chi connectivity index (χ2n) is 8.02. The summed E-state index contributed by atoms with van der Waals surface area (Å²) in [5.74, 6) is -1.16. The average Bonchev–Trinajstić information content (AvgIpc) is 2.92. The Morgan fingerprint density at radius 1 is 1.03 bits per heavy atom. The highest BCUT2D eigenvalue weighted by atomic mass is 79.9. The monoisotopic (exact) mass is 606 g/mol. The van der Waals surface area contributed by atoms with E-state index in [1.54, 1.807) is 13.0 Å². The van der Waals surface area contributed by atoms with Crippen LogP contribution in [0.4, 0.5) is 0 Å². The predicted molar refractivity (Wildman–Crippen MR) is 146 cm³/mol. The van der Waals surface area contributed by atoms with Gasteiger partial charge in [-0.2, -0.15) is 0 Å². The second-order valence-corrected chi connectivity index (χ2v) is 9.23. The third kappa shape index (κ3) is 8.17. The van der Waals surface area contributed by atoms with E-state index >= 15 is 0 Å². The van der Waals surface area contributed by atoms with Crippen LogP contribution in [-0.2, 0) is 27.6 Å². The number of benzene rings is 3. The molecule has 0 saturated carbocycles. The quantitative estimate of drug-likeness (QED) is 0.200. The third-order valence-electron chi connectivity index (χ3n) is 5.37. The molecule has 4 N–H and O–H groups in total. The van der Waals surface area contributed by atoms with Crippen molar-refractivity contribution in [3.8, 4) is 22.6 Å². The van der Waals surface area contributed by atoms with Crippen molar-refractivity contribution in [3.05, 3.63) is 81.3 Å². The Hall–Kier alpha value is -3.15. The van der Waals surface area contributed by atoms with Crippen molar-refractivity contribution in [3.63, 3.8) is 0 Å². The van der Waals surface area contributed by atoms with Crippen LogP contribution in [0.5, 0.6) is 11.5 Å². The predicted octanol–water partition coefficient (Wildman–Crippen LogP) is 4.33. The van der Waals surface area contributed by atoms with Gasteiger partial charge in [-0.1, -0.05) is 60.1 Å². The Balaban J connectivity index is 1.81. The standard InChI is InChI=1S/C27H28BrClN2O7/c1-2-38-31-25(33)16-37-23-12-24(21(29)11-19(23)13-30-22(14-32)27(34)35)36-15-18-9-6-10-20(26(18)28)17-7-4-3-5-8-17/h3-12,22,30,32H,2,13-16H2,1H3,(H,31,33)(H,34,35). The van der Waals surface area contributed by atoms with Gasteiger partial charge in [0.15, 0.2) is 6.61 Å². The summed E-state index contributed by atoms with van der Waals surface area (Å²) in [6.45, 7) is 1.24. The minimum atomic E-state index is -1.21. The molecule has 0 aliphatic rings. The van der Waals surface area contributed by atoms with Gasteiger partial charge in [-0.3, -0.25) is 19.7 Å². The van der Waals surface area contributed by atoms with Crippen molar-refractivity contribution in [1.82, 2.24) is 10.8 Å². The molecule has 202 valence electrons. The Kier molecular flexibility index (Phi) is 11.4. The maximum absolute atomic E-state index is 12.0. The molecule has 1 atom stereocenters. The Morgan fingerprint density at radius 2 is 1.79 bits per heavy atom. The number of hydroxylamine groups is 1. The summed E-state index contributed by atoms with van der Waals surface area (Å²) in [4.78, 5) is 28.1. The normalized spacial score (nSPS) is 11.6. The molecule has 9 nitrogen and oxygen atoms in total. The first-order valence-corrected chi connectivity index (χ1v) is 12.9. The van der Waals surface area contributed by atoms with E-state index in [0.717, 1.165) is 21.2 Å². The fourth-order valence-corrected chi connectivity index (χ4v) is 4.28. The second kappa shape index (κ2) is 14.7. The first-order chi connectivity index (χ1) is 18.3. The summed E-state index contributed by atoms with van der Waals surface area (Å²) in [5.41, 5.74) is 5.67. The maximum Gasteiger partial charge on any atom is 0.323 e. The fraction of sp³-hybridized carbons (Fsp3) is 0.259. The Bertz CT molecular complexity index is 1240. The van der Waals surface area contributed by atoms with Gasteiger partial charge in [0, 0.05) is 28.2 Å². The van der Waals surface area contributed by atoms with Gasteiger partial charge in [0.2, 0.25) is 0 Å². The van der Waals surface area contributed by atoms with Gasteiger partial charge in [-0.25, -0.2) is 5.48 Å². The molecule has 38 heavy (non-hydrogen) atoms. The van der Waals surface area contributed by atoms with Crippen molar-refractivity contribution in [2.75, 3.05) is 19.8 Å².